The van der Waals surface area contributed by atoms with Crippen molar-refractivity contribution < 1.29 is 9.59 Å². The Bertz CT molecular complexity index is 883. The van der Waals surface area contributed by atoms with Crippen LogP contribution in [0.15, 0.2) is 24.3 Å². The van der Waals surface area contributed by atoms with E-state index in [0.29, 0.717) is 28.3 Å². The first kappa shape index (κ1) is 20.1. The number of rotatable bonds is 4. The average Bonchev–Trinajstić information content (AvgIpc) is 3.40. The number of carbonyl (C=O) groups is 2. The fraction of sp³-hybridized carbons (Fsp3) is 0.500. The molecule has 29 heavy (non-hydrogen) atoms. The van der Waals surface area contributed by atoms with Crippen LogP contribution >= 0.6 is 22.9 Å². The molecule has 1 aliphatic carbocycles. The molecule has 2 aliphatic rings. The van der Waals surface area contributed by atoms with Gasteiger partial charge in [-0.05, 0) is 43.9 Å². The second-order valence-electron chi connectivity index (χ2n) is 7.63. The molecule has 0 bridgehead atoms. The highest BCUT2D eigenvalue weighted by atomic mass is 35.5. The van der Waals surface area contributed by atoms with Gasteiger partial charge in [0.2, 0.25) is 5.01 Å². The number of hydrogen-bond donors (Lipinski definition) is 2. The maximum atomic E-state index is 12.6. The molecule has 2 aromatic rings. The summed E-state index contributed by atoms with van der Waals surface area (Å²) in [4.78, 5) is 26.9. The lowest BCUT2D eigenvalue weighted by atomic mass is 9.99. The number of amides is 3. The Morgan fingerprint density at radius 1 is 1.14 bits per heavy atom. The van der Waals surface area contributed by atoms with Crippen molar-refractivity contribution in [3.05, 3.63) is 39.3 Å². The zero-order valence-corrected chi connectivity index (χ0v) is 17.6. The third kappa shape index (κ3) is 5.05. The number of anilines is 1. The van der Waals surface area contributed by atoms with E-state index in [9.17, 15) is 9.59 Å². The van der Waals surface area contributed by atoms with Crippen molar-refractivity contribution in [2.45, 2.75) is 50.5 Å². The predicted molar refractivity (Wildman–Crippen MR) is 114 cm³/mol. The van der Waals surface area contributed by atoms with E-state index in [4.69, 9.17) is 11.6 Å². The zero-order valence-electron chi connectivity index (χ0n) is 16.1. The Balaban J connectivity index is 1.36. The monoisotopic (exact) mass is 433 g/mol. The van der Waals surface area contributed by atoms with Crippen molar-refractivity contribution >= 4 is 40.6 Å². The van der Waals surface area contributed by atoms with Gasteiger partial charge < -0.3 is 15.5 Å². The molecule has 1 saturated carbocycles. The fourth-order valence-electron chi connectivity index (χ4n) is 3.94. The van der Waals surface area contributed by atoms with Gasteiger partial charge in [-0.3, -0.25) is 4.79 Å². The molecule has 0 radical (unpaired) electrons. The van der Waals surface area contributed by atoms with Crippen LogP contribution in [0.25, 0.3) is 0 Å². The highest BCUT2D eigenvalue weighted by Crippen LogP contribution is 2.30. The Kier molecular flexibility index (Phi) is 6.30. The van der Waals surface area contributed by atoms with Gasteiger partial charge in [-0.1, -0.05) is 41.8 Å². The summed E-state index contributed by atoms with van der Waals surface area (Å²) in [5, 5.41) is 15.9. The minimum Gasteiger partial charge on any atom is -0.335 e. The van der Waals surface area contributed by atoms with Gasteiger partial charge in [-0.15, -0.1) is 10.2 Å². The molecular weight excluding hydrogens is 410 g/mol. The normalized spacial score (nSPS) is 19.9. The second kappa shape index (κ2) is 9.09. The number of carbonyl (C=O) groups excluding carboxylic acids is 2. The van der Waals surface area contributed by atoms with Gasteiger partial charge in [0.05, 0.1) is 0 Å². The van der Waals surface area contributed by atoms with E-state index >= 15 is 0 Å². The molecule has 3 amide bonds. The summed E-state index contributed by atoms with van der Waals surface area (Å²) in [7, 11) is 0. The Morgan fingerprint density at radius 3 is 2.76 bits per heavy atom. The summed E-state index contributed by atoms with van der Waals surface area (Å²) >= 11 is 7.25. The maximum Gasteiger partial charge on any atom is 0.317 e. The maximum absolute atomic E-state index is 12.6. The molecule has 9 heteroatoms. The van der Waals surface area contributed by atoms with Crippen LogP contribution in [0.4, 0.5) is 10.5 Å². The summed E-state index contributed by atoms with van der Waals surface area (Å²) in [6.07, 6.45) is 6.40. The molecule has 2 N–H and O–H groups in total. The third-order valence-electron chi connectivity index (χ3n) is 5.46. The van der Waals surface area contributed by atoms with E-state index in [2.05, 4.69) is 20.8 Å². The van der Waals surface area contributed by atoms with Crippen molar-refractivity contribution in [1.29, 1.82) is 0 Å². The van der Waals surface area contributed by atoms with Gasteiger partial charge in [0, 0.05) is 35.8 Å². The molecule has 7 nitrogen and oxygen atoms in total. The number of urea groups is 1. The number of nitrogens with one attached hydrogen (secondary N) is 2. The molecule has 4 rings (SSSR count). The lowest BCUT2D eigenvalue weighted by molar-refractivity contribution is 0.102. The van der Waals surface area contributed by atoms with Crippen LogP contribution in [0, 0.1) is 0 Å². The van der Waals surface area contributed by atoms with Crippen molar-refractivity contribution in [1.82, 2.24) is 20.4 Å². The smallest absolute Gasteiger partial charge is 0.317 e. The van der Waals surface area contributed by atoms with Crippen molar-refractivity contribution in [2.75, 3.05) is 18.4 Å². The van der Waals surface area contributed by atoms with Crippen LogP contribution in [0.5, 0.6) is 0 Å². The van der Waals surface area contributed by atoms with Crippen LogP contribution in [-0.4, -0.2) is 46.2 Å². The fourth-order valence-corrected chi connectivity index (χ4v) is 5.00. The molecule has 1 aromatic carbocycles. The first-order chi connectivity index (χ1) is 14.1. The van der Waals surface area contributed by atoms with E-state index in [0.717, 1.165) is 37.2 Å². The second-order valence-corrected chi connectivity index (χ2v) is 9.07. The first-order valence-electron chi connectivity index (χ1n) is 10.0. The Labute approximate surface area is 178 Å². The van der Waals surface area contributed by atoms with Gasteiger partial charge >= 0.3 is 6.03 Å². The summed E-state index contributed by atoms with van der Waals surface area (Å²) < 4.78 is 0. The summed E-state index contributed by atoms with van der Waals surface area (Å²) in [6, 6.07) is 7.31. The van der Waals surface area contributed by atoms with Crippen LogP contribution in [0.3, 0.4) is 0 Å². The van der Waals surface area contributed by atoms with Crippen molar-refractivity contribution in [3.8, 4) is 0 Å². The Hall–Kier alpha value is -2.19. The topological polar surface area (TPSA) is 87.2 Å². The first-order valence-corrected chi connectivity index (χ1v) is 11.2. The van der Waals surface area contributed by atoms with Crippen LogP contribution < -0.4 is 10.6 Å². The Morgan fingerprint density at radius 2 is 1.97 bits per heavy atom. The number of likely N-dealkylation sites (tertiary alicyclic amines) is 1. The lowest BCUT2D eigenvalue weighted by Gasteiger charge is -2.32. The lowest BCUT2D eigenvalue weighted by Crippen LogP contribution is -2.47. The average molecular weight is 434 g/mol. The molecule has 2 heterocycles. The van der Waals surface area contributed by atoms with Gasteiger partial charge in [0.15, 0.2) is 0 Å². The van der Waals surface area contributed by atoms with E-state index in [1.165, 1.54) is 24.2 Å². The number of aromatic nitrogens is 2. The minimum absolute atomic E-state index is 0.0186. The molecule has 1 aromatic heterocycles. The largest absolute Gasteiger partial charge is 0.335 e. The zero-order chi connectivity index (χ0) is 20.2. The molecule has 2 fully saturated rings. The third-order valence-corrected chi connectivity index (χ3v) is 6.78. The predicted octanol–water partition coefficient (Wildman–Crippen LogP) is 4.28. The van der Waals surface area contributed by atoms with Gasteiger partial charge in [0.1, 0.15) is 5.01 Å². The number of hydrogen-bond acceptors (Lipinski definition) is 5. The number of halogens is 1. The van der Waals surface area contributed by atoms with Gasteiger partial charge in [-0.2, -0.15) is 0 Å². The van der Waals surface area contributed by atoms with Crippen LogP contribution in [0.2, 0.25) is 5.02 Å². The SMILES string of the molecule is O=C(Nc1cccc(Cl)c1)c1nnc([C@H]2CCCN(C(=O)NC3CCCC3)C2)s1. The number of benzene rings is 1. The molecule has 0 unspecified atom stereocenters. The number of nitrogens with zero attached hydrogens (tertiary/aromatic N) is 3. The molecule has 1 saturated heterocycles. The summed E-state index contributed by atoms with van der Waals surface area (Å²) in [5.41, 5.74) is 0.617. The summed E-state index contributed by atoms with van der Waals surface area (Å²) in [5.74, 6) is -0.189. The van der Waals surface area contributed by atoms with E-state index in [1.54, 1.807) is 24.3 Å². The molecule has 1 aliphatic heterocycles. The molecule has 154 valence electrons. The van der Waals surface area contributed by atoms with E-state index in [-0.39, 0.29) is 17.9 Å². The van der Waals surface area contributed by atoms with E-state index < -0.39 is 0 Å². The van der Waals surface area contributed by atoms with E-state index in [1.807, 2.05) is 4.90 Å². The van der Waals surface area contributed by atoms with Crippen LogP contribution in [-0.2, 0) is 0 Å². The molecule has 1 atom stereocenters. The summed E-state index contributed by atoms with van der Waals surface area (Å²) in [6.45, 7) is 1.37. The highest BCUT2D eigenvalue weighted by molar-refractivity contribution is 7.13. The van der Waals surface area contributed by atoms with Gasteiger partial charge in [-0.25, -0.2) is 4.79 Å². The minimum atomic E-state index is -0.303. The van der Waals surface area contributed by atoms with Gasteiger partial charge in [0.25, 0.3) is 5.91 Å². The number of piperidine rings is 1. The molecule has 0 spiro atoms. The van der Waals surface area contributed by atoms with Crippen molar-refractivity contribution in [3.63, 3.8) is 0 Å². The van der Waals surface area contributed by atoms with Crippen molar-refractivity contribution in [2.24, 2.45) is 0 Å². The quantitative estimate of drug-likeness (QED) is 0.753. The molecular formula is C20H24ClN5O2S. The standard InChI is InChI=1S/C20H24ClN5O2S/c21-14-6-3-9-16(11-14)22-17(27)19-25-24-18(29-19)13-5-4-10-26(12-13)20(28)23-15-7-1-2-8-15/h3,6,9,11,13,15H,1-2,4-5,7-8,10,12H2,(H,22,27)(H,23,28)/t13-/m0/s1. The van der Waals surface area contributed by atoms with Crippen LogP contribution in [0.1, 0.15) is 59.3 Å². The highest BCUT2D eigenvalue weighted by Gasteiger charge is 2.29.